The molecule has 0 radical (unpaired) electrons. The van der Waals surface area contributed by atoms with Crippen LogP contribution in [0.2, 0.25) is 0 Å². The molecule has 3 heterocycles. The Labute approximate surface area is 180 Å². The fraction of sp³-hybridized carbons (Fsp3) is 0.917. The molecule has 6 heteroatoms. The van der Waals surface area contributed by atoms with Gasteiger partial charge in [0.2, 0.25) is 0 Å². The molecule has 0 amide bonds. The Kier molecular flexibility index (Phi) is 5.82. The van der Waals surface area contributed by atoms with Crippen molar-refractivity contribution in [2.45, 2.75) is 103 Å². The molecule has 2 bridgehead atoms. The van der Waals surface area contributed by atoms with Gasteiger partial charge in [-0.15, -0.1) is 0 Å². The van der Waals surface area contributed by atoms with Gasteiger partial charge in [0.25, 0.3) is 0 Å². The van der Waals surface area contributed by atoms with Gasteiger partial charge in [-0.25, -0.2) is 0 Å². The molecule has 4 aliphatic rings. The van der Waals surface area contributed by atoms with E-state index in [1.54, 1.807) is 6.92 Å². The van der Waals surface area contributed by atoms with Crippen molar-refractivity contribution in [1.82, 2.24) is 0 Å². The second-order valence-corrected chi connectivity index (χ2v) is 10.9. The summed E-state index contributed by atoms with van der Waals surface area (Å²) < 4.78 is 19.0. The van der Waals surface area contributed by atoms with Gasteiger partial charge in [-0.2, -0.15) is 0 Å². The van der Waals surface area contributed by atoms with Crippen molar-refractivity contribution in [3.63, 3.8) is 0 Å². The molecule has 3 aliphatic heterocycles. The molecule has 1 aliphatic carbocycles. The molecular formula is C24H38O6. The van der Waals surface area contributed by atoms with Gasteiger partial charge < -0.3 is 19.3 Å². The van der Waals surface area contributed by atoms with Crippen LogP contribution in [-0.4, -0.2) is 53.0 Å². The SMILES string of the molecule is CCCC(=O)O[C@H]1[C@@H]2[C@@H]3[C@@H](C[C@H]1C)[C@@H](C)CO[C@@]1(C)C(=O)CC[C@@](C)(O)C[C@@H]2O[C@@H]31. The van der Waals surface area contributed by atoms with Crippen LogP contribution in [0.5, 0.6) is 0 Å². The Morgan fingerprint density at radius 3 is 2.67 bits per heavy atom. The summed E-state index contributed by atoms with van der Waals surface area (Å²) in [6.45, 7) is 10.5. The largest absolute Gasteiger partial charge is 0.462 e. The highest BCUT2D eigenvalue weighted by atomic mass is 16.6. The summed E-state index contributed by atoms with van der Waals surface area (Å²) in [7, 11) is 0. The number of Topliss-reactive ketones (excluding diaryl/α,β-unsaturated/α-hetero) is 1. The first-order chi connectivity index (χ1) is 14.1. The highest BCUT2D eigenvalue weighted by Gasteiger charge is 2.65. The zero-order valence-electron chi connectivity index (χ0n) is 19.1. The molecule has 30 heavy (non-hydrogen) atoms. The Hall–Kier alpha value is -0.980. The molecular weight excluding hydrogens is 384 g/mol. The molecule has 1 N–H and O–H groups in total. The second-order valence-electron chi connectivity index (χ2n) is 10.9. The zero-order valence-corrected chi connectivity index (χ0v) is 19.1. The smallest absolute Gasteiger partial charge is 0.306 e. The Balaban J connectivity index is 1.78. The van der Waals surface area contributed by atoms with Gasteiger partial charge in [0.15, 0.2) is 5.78 Å². The number of aliphatic hydroxyl groups is 1. The molecule has 6 nitrogen and oxygen atoms in total. The summed E-state index contributed by atoms with van der Waals surface area (Å²) in [6.07, 6.45) is 2.37. The van der Waals surface area contributed by atoms with E-state index in [1.807, 2.05) is 13.8 Å². The molecule has 3 saturated heterocycles. The summed E-state index contributed by atoms with van der Waals surface area (Å²) in [4.78, 5) is 25.8. The third kappa shape index (κ3) is 3.63. The minimum Gasteiger partial charge on any atom is -0.462 e. The topological polar surface area (TPSA) is 82.1 Å². The average molecular weight is 423 g/mol. The first-order valence-electron chi connectivity index (χ1n) is 11.8. The minimum absolute atomic E-state index is 0.0140. The van der Waals surface area contributed by atoms with Crippen LogP contribution in [0, 0.1) is 29.6 Å². The van der Waals surface area contributed by atoms with Crippen molar-refractivity contribution in [3.05, 3.63) is 0 Å². The van der Waals surface area contributed by atoms with Crippen molar-refractivity contribution in [3.8, 4) is 0 Å². The number of hydrogen-bond donors (Lipinski definition) is 1. The first kappa shape index (κ1) is 22.2. The van der Waals surface area contributed by atoms with Crippen molar-refractivity contribution in [2.75, 3.05) is 6.61 Å². The van der Waals surface area contributed by atoms with E-state index in [1.165, 1.54) is 0 Å². The molecule has 10 atom stereocenters. The van der Waals surface area contributed by atoms with Crippen LogP contribution in [-0.2, 0) is 23.8 Å². The third-order valence-corrected chi connectivity index (χ3v) is 8.35. The zero-order chi connectivity index (χ0) is 21.8. The maximum Gasteiger partial charge on any atom is 0.306 e. The van der Waals surface area contributed by atoms with Crippen molar-refractivity contribution < 1.29 is 28.9 Å². The van der Waals surface area contributed by atoms with Crippen LogP contribution in [0.4, 0.5) is 0 Å². The molecule has 0 aromatic rings. The van der Waals surface area contributed by atoms with Crippen LogP contribution in [0.3, 0.4) is 0 Å². The van der Waals surface area contributed by atoms with Crippen molar-refractivity contribution >= 4 is 11.8 Å². The third-order valence-electron chi connectivity index (χ3n) is 8.35. The van der Waals surface area contributed by atoms with E-state index in [4.69, 9.17) is 14.2 Å². The Morgan fingerprint density at radius 1 is 1.23 bits per heavy atom. The molecule has 0 unspecified atom stereocenters. The van der Waals surface area contributed by atoms with Crippen LogP contribution < -0.4 is 0 Å². The van der Waals surface area contributed by atoms with Crippen LogP contribution >= 0.6 is 0 Å². The fourth-order valence-electron chi connectivity index (χ4n) is 6.68. The van der Waals surface area contributed by atoms with E-state index in [0.717, 1.165) is 12.8 Å². The summed E-state index contributed by atoms with van der Waals surface area (Å²) in [5, 5.41) is 11.0. The average Bonchev–Trinajstić information content (AvgIpc) is 3.01. The monoisotopic (exact) mass is 422 g/mol. The maximum atomic E-state index is 13.3. The van der Waals surface area contributed by atoms with Gasteiger partial charge in [-0.05, 0) is 50.9 Å². The molecule has 0 aromatic heterocycles. The van der Waals surface area contributed by atoms with E-state index in [9.17, 15) is 14.7 Å². The normalized spacial score (nSPS) is 50.8. The molecule has 0 aromatic carbocycles. The number of hydrogen-bond acceptors (Lipinski definition) is 6. The lowest BCUT2D eigenvalue weighted by Crippen LogP contribution is -2.55. The van der Waals surface area contributed by atoms with E-state index < -0.39 is 11.2 Å². The maximum absolute atomic E-state index is 13.3. The standard InChI is InChI=1S/C24H38O6/c1-6-7-18(26)30-21-13(2)10-15-14(3)12-28-24(5)17(25)8-9-23(4,27)11-16-20(21)19(15)22(24)29-16/h13-16,19-22,27H,6-12H2,1-5H3/t13-,14+,15+,16+,19+,20+,21-,22+,23-,24+/m1/s1. The van der Waals surface area contributed by atoms with Gasteiger partial charge in [-0.3, -0.25) is 9.59 Å². The highest BCUT2D eigenvalue weighted by molar-refractivity contribution is 5.88. The van der Waals surface area contributed by atoms with Gasteiger partial charge >= 0.3 is 5.97 Å². The number of ketones is 1. The highest BCUT2D eigenvalue weighted by Crippen LogP contribution is 2.57. The van der Waals surface area contributed by atoms with Crippen LogP contribution in [0.25, 0.3) is 0 Å². The van der Waals surface area contributed by atoms with E-state index in [-0.39, 0.29) is 54.2 Å². The number of carbonyl (C=O) groups is 2. The number of esters is 1. The number of rotatable bonds is 3. The summed E-state index contributed by atoms with van der Waals surface area (Å²) in [5.41, 5.74) is -2.02. The summed E-state index contributed by atoms with van der Waals surface area (Å²) in [5.74, 6) is 0.771. The number of fused-ring (bicyclic) bond motifs is 2. The Morgan fingerprint density at radius 2 is 1.97 bits per heavy atom. The summed E-state index contributed by atoms with van der Waals surface area (Å²) >= 11 is 0. The van der Waals surface area contributed by atoms with Gasteiger partial charge in [0.1, 0.15) is 11.7 Å². The van der Waals surface area contributed by atoms with Crippen LogP contribution in [0.1, 0.15) is 73.1 Å². The van der Waals surface area contributed by atoms with E-state index >= 15 is 0 Å². The van der Waals surface area contributed by atoms with Crippen LogP contribution in [0.15, 0.2) is 0 Å². The predicted octanol–water partition coefficient (Wildman–Crippen LogP) is 3.28. The lowest BCUT2D eigenvalue weighted by molar-refractivity contribution is -0.165. The lowest BCUT2D eigenvalue weighted by Gasteiger charge is -2.47. The quantitative estimate of drug-likeness (QED) is 0.703. The van der Waals surface area contributed by atoms with E-state index in [0.29, 0.717) is 37.7 Å². The summed E-state index contributed by atoms with van der Waals surface area (Å²) in [6, 6.07) is 0. The van der Waals surface area contributed by atoms with Gasteiger partial charge in [-0.1, -0.05) is 20.8 Å². The van der Waals surface area contributed by atoms with Crippen molar-refractivity contribution in [1.29, 1.82) is 0 Å². The predicted molar refractivity (Wildman–Crippen MR) is 111 cm³/mol. The van der Waals surface area contributed by atoms with Crippen molar-refractivity contribution in [2.24, 2.45) is 29.6 Å². The molecule has 0 spiro atoms. The van der Waals surface area contributed by atoms with E-state index in [2.05, 4.69) is 13.8 Å². The van der Waals surface area contributed by atoms with Gasteiger partial charge in [0, 0.05) is 31.1 Å². The molecule has 4 fully saturated rings. The Bertz CT molecular complexity index is 689. The molecule has 4 rings (SSSR count). The second kappa shape index (κ2) is 7.86. The number of carbonyl (C=O) groups excluding carboxylic acids is 2. The van der Waals surface area contributed by atoms with Gasteiger partial charge in [0.05, 0.1) is 24.4 Å². The molecule has 1 saturated carbocycles. The first-order valence-corrected chi connectivity index (χ1v) is 11.8. The fourth-order valence-corrected chi connectivity index (χ4v) is 6.68. The molecule has 170 valence electrons. The number of ether oxygens (including phenoxy) is 3. The lowest BCUT2D eigenvalue weighted by atomic mass is 9.59. The minimum atomic E-state index is -1.01.